The van der Waals surface area contributed by atoms with E-state index in [0.29, 0.717) is 48.4 Å². The van der Waals surface area contributed by atoms with Crippen molar-refractivity contribution in [2.45, 2.75) is 37.6 Å². The van der Waals surface area contributed by atoms with Gasteiger partial charge in [0.2, 0.25) is 5.91 Å². The maximum atomic E-state index is 13.0. The third kappa shape index (κ3) is 3.48. The van der Waals surface area contributed by atoms with E-state index in [1.165, 1.54) is 16.2 Å². The van der Waals surface area contributed by atoms with Crippen molar-refractivity contribution in [3.05, 3.63) is 23.6 Å². The lowest BCUT2D eigenvalue weighted by molar-refractivity contribution is -0.136. The van der Waals surface area contributed by atoms with Gasteiger partial charge in [-0.3, -0.25) is 14.5 Å². The van der Waals surface area contributed by atoms with Crippen LogP contribution in [0.15, 0.2) is 23.6 Å². The molecule has 1 aromatic heterocycles. The summed E-state index contributed by atoms with van der Waals surface area (Å²) in [6.45, 7) is 0.708. The first-order chi connectivity index (χ1) is 15.5. The molecule has 2 fully saturated rings. The van der Waals surface area contributed by atoms with Gasteiger partial charge in [-0.2, -0.15) is 0 Å². The Hall–Kier alpha value is -3.14. The van der Waals surface area contributed by atoms with Crippen LogP contribution in [-0.2, 0) is 9.59 Å². The van der Waals surface area contributed by atoms with Crippen LogP contribution in [0, 0.1) is 0 Å². The summed E-state index contributed by atoms with van der Waals surface area (Å²) in [5, 5.41) is 4.95. The van der Waals surface area contributed by atoms with Crippen molar-refractivity contribution < 1.29 is 23.9 Å². The lowest BCUT2D eigenvalue weighted by Crippen LogP contribution is -2.49. The second kappa shape index (κ2) is 8.09. The Balaban J connectivity index is 1.26. The Morgan fingerprint density at radius 2 is 1.91 bits per heavy atom. The zero-order chi connectivity index (χ0) is 22.3. The summed E-state index contributed by atoms with van der Waals surface area (Å²) in [6.07, 6.45) is 4.18. The molecule has 0 radical (unpaired) electrons. The molecule has 10 heteroatoms. The van der Waals surface area contributed by atoms with E-state index in [1.807, 2.05) is 23.6 Å². The lowest BCUT2D eigenvalue weighted by atomic mass is 9.81. The van der Waals surface area contributed by atoms with Gasteiger partial charge in [0.1, 0.15) is 25.3 Å². The molecule has 4 amide bonds. The monoisotopic (exact) mass is 456 g/mol. The SMILES string of the molecule is CN1C(=O)N(CC(=O)Nc2nc(-c3ccc4c(c3)OCCO4)cs2)C(=O)C12CCCCC2. The number of likely N-dealkylation sites (N-methyl/N-ethyl adjacent to an activating group) is 1. The minimum absolute atomic E-state index is 0.268. The molecule has 1 N–H and O–H groups in total. The number of nitrogens with one attached hydrogen (secondary N) is 1. The number of ether oxygens (including phenoxy) is 2. The van der Waals surface area contributed by atoms with E-state index >= 15 is 0 Å². The zero-order valence-electron chi connectivity index (χ0n) is 17.8. The fraction of sp³-hybridized carbons (Fsp3) is 0.455. The molecular formula is C22H24N4O5S. The Labute approximate surface area is 189 Å². The Morgan fingerprint density at radius 1 is 1.16 bits per heavy atom. The molecule has 3 heterocycles. The molecule has 1 aliphatic carbocycles. The summed E-state index contributed by atoms with van der Waals surface area (Å²) in [5.74, 6) is 0.649. The summed E-state index contributed by atoms with van der Waals surface area (Å²) in [6, 6.07) is 5.16. The maximum Gasteiger partial charge on any atom is 0.327 e. The summed E-state index contributed by atoms with van der Waals surface area (Å²) < 4.78 is 11.2. The number of imide groups is 1. The summed E-state index contributed by atoms with van der Waals surface area (Å²) in [5.41, 5.74) is 0.746. The first kappa shape index (κ1) is 20.7. The number of nitrogens with zero attached hydrogens (tertiary/aromatic N) is 3. The number of amides is 4. The molecule has 3 aliphatic rings. The molecule has 9 nitrogen and oxygen atoms in total. The normalized spacial score (nSPS) is 19.5. The van der Waals surface area contributed by atoms with E-state index in [-0.39, 0.29) is 12.5 Å². The second-order valence-corrected chi connectivity index (χ2v) is 9.13. The van der Waals surface area contributed by atoms with Gasteiger partial charge in [0, 0.05) is 18.0 Å². The van der Waals surface area contributed by atoms with E-state index in [4.69, 9.17) is 9.47 Å². The second-order valence-electron chi connectivity index (χ2n) is 8.27. The number of rotatable bonds is 4. The Bertz CT molecular complexity index is 1080. The minimum Gasteiger partial charge on any atom is -0.486 e. The van der Waals surface area contributed by atoms with Crippen molar-refractivity contribution in [1.82, 2.24) is 14.8 Å². The number of aromatic nitrogens is 1. The van der Waals surface area contributed by atoms with Crippen LogP contribution in [0.25, 0.3) is 11.3 Å². The van der Waals surface area contributed by atoms with Crippen LogP contribution >= 0.6 is 11.3 Å². The van der Waals surface area contributed by atoms with E-state index < -0.39 is 17.5 Å². The van der Waals surface area contributed by atoms with Crippen LogP contribution in [-0.4, -0.2) is 65.0 Å². The van der Waals surface area contributed by atoms with E-state index in [1.54, 1.807) is 7.05 Å². The average Bonchev–Trinajstić information content (AvgIpc) is 3.34. The summed E-state index contributed by atoms with van der Waals surface area (Å²) in [4.78, 5) is 45.4. The van der Waals surface area contributed by atoms with Crippen molar-refractivity contribution in [3.63, 3.8) is 0 Å². The fourth-order valence-electron chi connectivity index (χ4n) is 4.64. The van der Waals surface area contributed by atoms with Crippen LogP contribution in [0.4, 0.5) is 9.93 Å². The molecule has 2 aliphatic heterocycles. The van der Waals surface area contributed by atoms with Gasteiger partial charge in [0.05, 0.1) is 5.69 Å². The van der Waals surface area contributed by atoms with Gasteiger partial charge in [-0.25, -0.2) is 9.78 Å². The van der Waals surface area contributed by atoms with Crippen LogP contribution < -0.4 is 14.8 Å². The zero-order valence-corrected chi connectivity index (χ0v) is 18.6. The number of benzene rings is 1. The minimum atomic E-state index is -0.789. The van der Waals surface area contributed by atoms with Gasteiger partial charge < -0.3 is 19.7 Å². The molecule has 168 valence electrons. The molecule has 0 unspecified atom stereocenters. The highest BCUT2D eigenvalue weighted by atomic mass is 32.1. The van der Waals surface area contributed by atoms with Gasteiger partial charge in [0.15, 0.2) is 16.6 Å². The Morgan fingerprint density at radius 3 is 2.69 bits per heavy atom. The molecule has 0 bridgehead atoms. The maximum absolute atomic E-state index is 13.0. The Kier molecular flexibility index (Phi) is 5.24. The average molecular weight is 457 g/mol. The quantitative estimate of drug-likeness (QED) is 0.710. The van der Waals surface area contributed by atoms with E-state index in [2.05, 4.69) is 10.3 Å². The van der Waals surface area contributed by atoms with Crippen LogP contribution in [0.2, 0.25) is 0 Å². The first-order valence-electron chi connectivity index (χ1n) is 10.7. The largest absolute Gasteiger partial charge is 0.486 e. The number of carbonyl (C=O) groups is 3. The van der Waals surface area contributed by atoms with Crippen molar-refractivity contribution in [2.75, 3.05) is 32.1 Å². The topological polar surface area (TPSA) is 101 Å². The number of hydrogen-bond acceptors (Lipinski definition) is 7. The number of anilines is 1. The molecular weight excluding hydrogens is 432 g/mol. The van der Waals surface area contributed by atoms with Gasteiger partial charge in [-0.05, 0) is 31.0 Å². The lowest BCUT2D eigenvalue weighted by Gasteiger charge is -2.35. The molecule has 2 aromatic rings. The molecule has 1 saturated heterocycles. The van der Waals surface area contributed by atoms with Gasteiger partial charge >= 0.3 is 6.03 Å². The molecule has 32 heavy (non-hydrogen) atoms. The third-order valence-electron chi connectivity index (χ3n) is 6.37. The van der Waals surface area contributed by atoms with Crippen LogP contribution in [0.5, 0.6) is 11.5 Å². The predicted molar refractivity (Wildman–Crippen MR) is 118 cm³/mol. The van der Waals surface area contributed by atoms with Gasteiger partial charge in [-0.1, -0.05) is 19.3 Å². The number of hydrogen-bond donors (Lipinski definition) is 1. The van der Waals surface area contributed by atoms with Crippen molar-refractivity contribution in [3.8, 4) is 22.8 Å². The number of fused-ring (bicyclic) bond motifs is 1. The highest BCUT2D eigenvalue weighted by Gasteiger charge is 2.55. The summed E-state index contributed by atoms with van der Waals surface area (Å²) >= 11 is 1.28. The van der Waals surface area contributed by atoms with Gasteiger partial charge in [-0.15, -0.1) is 11.3 Å². The molecule has 0 atom stereocenters. The number of urea groups is 1. The molecule has 1 spiro atoms. The van der Waals surface area contributed by atoms with E-state index in [0.717, 1.165) is 29.7 Å². The van der Waals surface area contributed by atoms with Gasteiger partial charge in [0.25, 0.3) is 5.91 Å². The standard InChI is InChI=1S/C22H24N4O5S/c1-25-21(29)26(19(28)22(25)7-3-2-4-8-22)12-18(27)24-20-23-15(13-32-20)14-5-6-16-17(11-14)31-10-9-30-16/h5-6,11,13H,2-4,7-10,12H2,1H3,(H,23,24,27). The highest BCUT2D eigenvalue weighted by molar-refractivity contribution is 7.14. The van der Waals surface area contributed by atoms with Crippen molar-refractivity contribution >= 4 is 34.3 Å². The highest BCUT2D eigenvalue weighted by Crippen LogP contribution is 2.39. The molecule has 5 rings (SSSR count). The van der Waals surface area contributed by atoms with Crippen molar-refractivity contribution in [2.24, 2.45) is 0 Å². The summed E-state index contributed by atoms with van der Waals surface area (Å²) in [7, 11) is 1.66. The number of carbonyl (C=O) groups excluding carboxylic acids is 3. The van der Waals surface area contributed by atoms with Crippen LogP contribution in [0.1, 0.15) is 32.1 Å². The van der Waals surface area contributed by atoms with Crippen molar-refractivity contribution in [1.29, 1.82) is 0 Å². The first-order valence-corrected chi connectivity index (χ1v) is 11.6. The van der Waals surface area contributed by atoms with E-state index in [9.17, 15) is 14.4 Å². The smallest absolute Gasteiger partial charge is 0.327 e. The number of thiazole rings is 1. The third-order valence-corrected chi connectivity index (χ3v) is 7.13. The van der Waals surface area contributed by atoms with Crippen LogP contribution in [0.3, 0.4) is 0 Å². The fourth-order valence-corrected chi connectivity index (χ4v) is 5.38. The predicted octanol–water partition coefficient (Wildman–Crippen LogP) is 3.12. The molecule has 1 aromatic carbocycles. The molecule has 1 saturated carbocycles.